The quantitative estimate of drug-likeness (QED) is 0.875. The highest BCUT2D eigenvalue weighted by Gasteiger charge is 2.62. The fourth-order valence-corrected chi connectivity index (χ4v) is 2.25. The SMILES string of the molecule is CC[C@](C(=O)O)(N(C)CCc1ccccc1)C(F)(F)F. The molecule has 0 aliphatic rings. The van der Waals surface area contributed by atoms with Crippen molar-refractivity contribution in [2.75, 3.05) is 13.6 Å². The smallest absolute Gasteiger partial charge is 0.417 e. The summed E-state index contributed by atoms with van der Waals surface area (Å²) in [5.41, 5.74) is -1.96. The Morgan fingerprint density at radius 1 is 1.25 bits per heavy atom. The number of benzene rings is 1. The molecule has 1 N–H and O–H groups in total. The molecule has 0 saturated heterocycles. The second-order valence-electron chi connectivity index (χ2n) is 4.67. The van der Waals surface area contributed by atoms with Crippen LogP contribution in [0, 0.1) is 0 Å². The first-order valence-electron chi connectivity index (χ1n) is 6.31. The largest absolute Gasteiger partial charge is 0.480 e. The lowest BCUT2D eigenvalue weighted by Gasteiger charge is -2.38. The molecule has 112 valence electrons. The van der Waals surface area contributed by atoms with Crippen LogP contribution in [0.3, 0.4) is 0 Å². The van der Waals surface area contributed by atoms with E-state index in [2.05, 4.69) is 0 Å². The zero-order valence-corrected chi connectivity index (χ0v) is 11.4. The summed E-state index contributed by atoms with van der Waals surface area (Å²) in [7, 11) is 1.20. The molecule has 20 heavy (non-hydrogen) atoms. The number of aliphatic carboxylic acids is 1. The van der Waals surface area contributed by atoms with Crippen LogP contribution in [0.1, 0.15) is 18.9 Å². The summed E-state index contributed by atoms with van der Waals surface area (Å²) < 4.78 is 39.5. The van der Waals surface area contributed by atoms with E-state index in [1.807, 2.05) is 6.07 Å². The van der Waals surface area contributed by atoms with Gasteiger partial charge < -0.3 is 5.11 Å². The third-order valence-electron chi connectivity index (χ3n) is 3.56. The first kappa shape index (κ1) is 16.5. The molecule has 0 radical (unpaired) electrons. The van der Waals surface area contributed by atoms with Gasteiger partial charge in [0.1, 0.15) is 0 Å². The van der Waals surface area contributed by atoms with E-state index in [-0.39, 0.29) is 6.54 Å². The van der Waals surface area contributed by atoms with Crippen LogP contribution >= 0.6 is 0 Å². The van der Waals surface area contributed by atoms with E-state index in [1.54, 1.807) is 24.3 Å². The van der Waals surface area contributed by atoms with Gasteiger partial charge in [0.15, 0.2) is 0 Å². The number of nitrogens with zero attached hydrogens (tertiary/aromatic N) is 1. The van der Waals surface area contributed by atoms with Crippen molar-refractivity contribution in [2.45, 2.75) is 31.5 Å². The summed E-state index contributed by atoms with van der Waals surface area (Å²) in [6.45, 7) is 1.25. The topological polar surface area (TPSA) is 40.5 Å². The summed E-state index contributed by atoms with van der Waals surface area (Å²) in [6, 6.07) is 9.01. The zero-order chi connectivity index (χ0) is 15.4. The standard InChI is InChI=1S/C14H18F3NO2/c1-3-13(12(19)20,14(15,16)17)18(2)10-9-11-7-5-4-6-8-11/h4-8H,3,9-10H2,1-2H3,(H,19,20)/t13-/m1/s1. The molecular formula is C14H18F3NO2. The van der Waals surface area contributed by atoms with Crippen LogP contribution in [0.5, 0.6) is 0 Å². The average Bonchev–Trinajstić information content (AvgIpc) is 2.37. The number of likely N-dealkylation sites (N-methyl/N-ethyl adjacent to an activating group) is 1. The van der Waals surface area contributed by atoms with Crippen molar-refractivity contribution in [2.24, 2.45) is 0 Å². The molecule has 3 nitrogen and oxygen atoms in total. The minimum atomic E-state index is -4.82. The van der Waals surface area contributed by atoms with Crippen LogP contribution in [0.2, 0.25) is 0 Å². The van der Waals surface area contributed by atoms with Crippen LogP contribution in [-0.4, -0.2) is 41.3 Å². The van der Waals surface area contributed by atoms with E-state index in [0.717, 1.165) is 10.5 Å². The van der Waals surface area contributed by atoms with Gasteiger partial charge in [-0.1, -0.05) is 37.3 Å². The molecule has 0 heterocycles. The number of alkyl halides is 3. The maximum atomic E-state index is 13.2. The van der Waals surface area contributed by atoms with Crippen molar-refractivity contribution in [3.8, 4) is 0 Å². The van der Waals surface area contributed by atoms with Crippen molar-refractivity contribution in [1.29, 1.82) is 0 Å². The maximum absolute atomic E-state index is 13.2. The van der Waals surface area contributed by atoms with Gasteiger partial charge in [0.05, 0.1) is 0 Å². The van der Waals surface area contributed by atoms with Crippen LogP contribution in [0.4, 0.5) is 13.2 Å². The number of hydrogen-bond donors (Lipinski definition) is 1. The van der Waals surface area contributed by atoms with E-state index >= 15 is 0 Å². The van der Waals surface area contributed by atoms with Crippen LogP contribution in [0.15, 0.2) is 30.3 Å². The minimum Gasteiger partial charge on any atom is -0.480 e. The van der Waals surface area contributed by atoms with Gasteiger partial charge in [0, 0.05) is 6.54 Å². The Balaban J connectivity index is 2.90. The van der Waals surface area contributed by atoms with Crippen molar-refractivity contribution in [3.63, 3.8) is 0 Å². The molecule has 6 heteroatoms. The normalized spacial score (nSPS) is 15.1. The van der Waals surface area contributed by atoms with Gasteiger partial charge in [-0.3, -0.25) is 4.90 Å². The molecular weight excluding hydrogens is 271 g/mol. The van der Waals surface area contributed by atoms with Crippen molar-refractivity contribution in [1.82, 2.24) is 4.90 Å². The molecule has 0 saturated carbocycles. The Kier molecular flexibility index (Phi) is 5.16. The van der Waals surface area contributed by atoms with Crippen LogP contribution in [0.25, 0.3) is 0 Å². The summed E-state index contributed by atoms with van der Waals surface area (Å²) in [5.74, 6) is -1.86. The maximum Gasteiger partial charge on any atom is 0.417 e. The Hall–Kier alpha value is -1.56. The predicted molar refractivity (Wildman–Crippen MR) is 69.5 cm³/mol. The Labute approximate surface area is 116 Å². The lowest BCUT2D eigenvalue weighted by molar-refractivity contribution is -0.235. The fraction of sp³-hybridized carbons (Fsp3) is 0.500. The predicted octanol–water partition coefficient (Wildman–Crippen LogP) is 2.96. The van der Waals surface area contributed by atoms with Crippen molar-refractivity contribution < 1.29 is 23.1 Å². The van der Waals surface area contributed by atoms with E-state index in [9.17, 15) is 18.0 Å². The molecule has 0 aliphatic carbocycles. The Bertz CT molecular complexity index is 447. The first-order chi connectivity index (χ1) is 9.25. The molecule has 0 aliphatic heterocycles. The number of carboxylic acids is 1. The van der Waals surface area contributed by atoms with Gasteiger partial charge >= 0.3 is 12.1 Å². The Morgan fingerprint density at radius 2 is 1.80 bits per heavy atom. The fourth-order valence-electron chi connectivity index (χ4n) is 2.25. The molecule has 0 fully saturated rings. The van der Waals surface area contributed by atoms with E-state index in [4.69, 9.17) is 5.11 Å². The molecule has 0 unspecified atom stereocenters. The number of rotatable bonds is 6. The van der Waals surface area contributed by atoms with Gasteiger partial charge in [-0.25, -0.2) is 4.79 Å². The number of carboxylic acid groups (broad SMARTS) is 1. The molecule has 0 aromatic heterocycles. The zero-order valence-electron chi connectivity index (χ0n) is 11.4. The van der Waals surface area contributed by atoms with Gasteiger partial charge in [-0.15, -0.1) is 0 Å². The molecule has 0 bridgehead atoms. The van der Waals surface area contributed by atoms with Gasteiger partial charge in [-0.05, 0) is 25.5 Å². The number of halogens is 3. The number of hydrogen-bond acceptors (Lipinski definition) is 2. The molecule has 1 rings (SSSR count). The summed E-state index contributed by atoms with van der Waals surface area (Å²) in [4.78, 5) is 12.1. The second kappa shape index (κ2) is 6.26. The molecule has 1 aromatic carbocycles. The molecule has 0 amide bonds. The van der Waals surface area contributed by atoms with Crippen molar-refractivity contribution in [3.05, 3.63) is 35.9 Å². The van der Waals surface area contributed by atoms with E-state index in [0.29, 0.717) is 6.42 Å². The Morgan fingerprint density at radius 3 is 2.20 bits per heavy atom. The number of carbonyl (C=O) groups is 1. The molecule has 1 atom stereocenters. The van der Waals surface area contributed by atoms with Crippen LogP contribution in [-0.2, 0) is 11.2 Å². The van der Waals surface area contributed by atoms with E-state index in [1.165, 1.54) is 14.0 Å². The third-order valence-corrected chi connectivity index (χ3v) is 3.56. The van der Waals surface area contributed by atoms with E-state index < -0.39 is 24.1 Å². The molecule has 0 spiro atoms. The summed E-state index contributed by atoms with van der Waals surface area (Å²) >= 11 is 0. The van der Waals surface area contributed by atoms with Gasteiger partial charge in [0.2, 0.25) is 5.54 Å². The molecule has 1 aromatic rings. The second-order valence-corrected chi connectivity index (χ2v) is 4.67. The average molecular weight is 289 g/mol. The van der Waals surface area contributed by atoms with Gasteiger partial charge in [0.25, 0.3) is 0 Å². The lowest BCUT2D eigenvalue weighted by Crippen LogP contribution is -2.62. The first-order valence-corrected chi connectivity index (χ1v) is 6.31. The third kappa shape index (κ3) is 3.12. The highest BCUT2D eigenvalue weighted by molar-refractivity contribution is 5.80. The lowest BCUT2D eigenvalue weighted by atomic mass is 9.93. The summed E-state index contributed by atoms with van der Waals surface area (Å²) in [5, 5.41) is 9.07. The summed E-state index contributed by atoms with van der Waals surface area (Å²) in [6.07, 6.45) is -4.99. The van der Waals surface area contributed by atoms with Crippen LogP contribution < -0.4 is 0 Å². The minimum absolute atomic E-state index is 0.0175. The van der Waals surface area contributed by atoms with Gasteiger partial charge in [-0.2, -0.15) is 13.2 Å². The van der Waals surface area contributed by atoms with Crippen molar-refractivity contribution >= 4 is 5.97 Å². The highest BCUT2D eigenvalue weighted by atomic mass is 19.4. The highest BCUT2D eigenvalue weighted by Crippen LogP contribution is 2.38. The monoisotopic (exact) mass is 289 g/mol.